The highest BCUT2D eigenvalue weighted by Gasteiger charge is 2.10. The van der Waals surface area contributed by atoms with E-state index in [0.29, 0.717) is 5.02 Å². The van der Waals surface area contributed by atoms with E-state index in [0.717, 1.165) is 15.6 Å². The van der Waals surface area contributed by atoms with Crippen molar-refractivity contribution in [2.45, 2.75) is 16.2 Å². The minimum absolute atomic E-state index is 0.285. The summed E-state index contributed by atoms with van der Waals surface area (Å²) >= 11 is 6.15. The molecule has 1 aromatic carbocycles. The molecule has 0 bridgehead atoms. The summed E-state index contributed by atoms with van der Waals surface area (Å²) in [5.74, 6) is 0. The Bertz CT molecular complexity index is 354. The second-order valence-corrected chi connectivity index (χ2v) is 4.62. The highest BCUT2D eigenvalue weighted by molar-refractivity contribution is 14.1. The lowest BCUT2D eigenvalue weighted by Gasteiger charge is -2.07. The standard InChI is InChI=1S/C8H8ClIO2S/c1-5-6(4-10)2-3-7(8(5)9)13(11)12/h2-3H,4H2,1H3,(H,11,12). The summed E-state index contributed by atoms with van der Waals surface area (Å²) in [6, 6.07) is 3.43. The molecule has 0 fully saturated rings. The molecule has 0 spiro atoms. The van der Waals surface area contributed by atoms with Crippen molar-refractivity contribution in [2.75, 3.05) is 0 Å². The van der Waals surface area contributed by atoms with E-state index in [1.54, 1.807) is 6.07 Å². The second kappa shape index (κ2) is 4.72. The summed E-state index contributed by atoms with van der Waals surface area (Å²) in [7, 11) is 0. The van der Waals surface area contributed by atoms with E-state index in [-0.39, 0.29) is 4.90 Å². The molecule has 2 nitrogen and oxygen atoms in total. The lowest BCUT2D eigenvalue weighted by atomic mass is 10.1. The van der Waals surface area contributed by atoms with Crippen LogP contribution in [0.25, 0.3) is 0 Å². The van der Waals surface area contributed by atoms with Crippen molar-refractivity contribution in [1.29, 1.82) is 0 Å². The molecule has 1 aromatic rings. The molecular weight excluding hydrogens is 323 g/mol. The highest BCUT2D eigenvalue weighted by atomic mass is 127. The summed E-state index contributed by atoms with van der Waals surface area (Å²) in [5.41, 5.74) is 1.98. The minimum Gasteiger partial charge on any atom is -0.302 e. The van der Waals surface area contributed by atoms with E-state index in [2.05, 4.69) is 22.6 Å². The Kier molecular flexibility index (Phi) is 4.15. The predicted molar refractivity (Wildman–Crippen MR) is 63.0 cm³/mol. The Morgan fingerprint density at radius 2 is 2.23 bits per heavy atom. The Morgan fingerprint density at radius 1 is 1.62 bits per heavy atom. The summed E-state index contributed by atoms with van der Waals surface area (Å²) in [5, 5.41) is 0.398. The van der Waals surface area contributed by atoms with Crippen molar-refractivity contribution < 1.29 is 8.76 Å². The molecule has 1 atom stereocenters. The third-order valence-electron chi connectivity index (χ3n) is 1.80. The van der Waals surface area contributed by atoms with Crippen molar-refractivity contribution >= 4 is 45.3 Å². The van der Waals surface area contributed by atoms with Crippen molar-refractivity contribution in [2.24, 2.45) is 0 Å². The zero-order chi connectivity index (χ0) is 10.0. The van der Waals surface area contributed by atoms with Crippen LogP contribution in [0.4, 0.5) is 0 Å². The zero-order valence-corrected chi connectivity index (χ0v) is 10.6. The first kappa shape index (κ1) is 11.4. The first-order chi connectivity index (χ1) is 6.07. The van der Waals surface area contributed by atoms with Gasteiger partial charge in [-0.3, -0.25) is 0 Å². The number of hydrogen-bond acceptors (Lipinski definition) is 1. The van der Waals surface area contributed by atoms with Gasteiger partial charge in [0.15, 0.2) is 11.1 Å². The maximum absolute atomic E-state index is 10.8. The van der Waals surface area contributed by atoms with Crippen LogP contribution in [-0.4, -0.2) is 8.76 Å². The maximum atomic E-state index is 10.8. The number of rotatable bonds is 2. The third-order valence-corrected chi connectivity index (χ3v) is 3.93. The van der Waals surface area contributed by atoms with E-state index in [1.165, 1.54) is 0 Å². The van der Waals surface area contributed by atoms with E-state index in [4.69, 9.17) is 16.2 Å². The van der Waals surface area contributed by atoms with Crippen molar-refractivity contribution in [3.05, 3.63) is 28.3 Å². The summed E-state index contributed by atoms with van der Waals surface area (Å²) < 4.78 is 20.5. The predicted octanol–water partition coefficient (Wildman–Crippen LogP) is 3.16. The average molecular weight is 331 g/mol. The van der Waals surface area contributed by atoms with Crippen LogP contribution in [0, 0.1) is 6.92 Å². The van der Waals surface area contributed by atoms with Gasteiger partial charge in [0.25, 0.3) is 0 Å². The van der Waals surface area contributed by atoms with Crippen LogP contribution in [0.5, 0.6) is 0 Å². The lowest BCUT2D eigenvalue weighted by molar-refractivity contribution is 0.564. The molecule has 1 rings (SSSR count). The Labute approximate surface area is 98.1 Å². The van der Waals surface area contributed by atoms with Gasteiger partial charge in [-0.25, -0.2) is 4.21 Å². The molecule has 1 N–H and O–H groups in total. The Hall–Kier alpha value is 0.350. The molecule has 0 saturated carbocycles. The van der Waals surface area contributed by atoms with Gasteiger partial charge in [-0.05, 0) is 24.1 Å². The van der Waals surface area contributed by atoms with Gasteiger partial charge in [0.1, 0.15) is 0 Å². The third kappa shape index (κ3) is 2.43. The van der Waals surface area contributed by atoms with Crippen molar-refractivity contribution in [3.8, 4) is 0 Å². The SMILES string of the molecule is Cc1c(CI)ccc(S(=O)O)c1Cl. The van der Waals surface area contributed by atoms with Crippen LogP contribution in [0.2, 0.25) is 5.02 Å². The lowest BCUT2D eigenvalue weighted by Crippen LogP contribution is -1.94. The molecular formula is C8H8ClIO2S. The van der Waals surface area contributed by atoms with Gasteiger partial charge in [-0.15, -0.1) is 0 Å². The molecule has 0 aliphatic heterocycles. The molecule has 0 aliphatic carbocycles. The van der Waals surface area contributed by atoms with E-state index in [1.807, 2.05) is 13.0 Å². The molecule has 0 heterocycles. The zero-order valence-electron chi connectivity index (χ0n) is 6.88. The molecule has 0 amide bonds. The fourth-order valence-electron chi connectivity index (χ4n) is 0.980. The van der Waals surface area contributed by atoms with E-state index in [9.17, 15) is 4.21 Å². The van der Waals surface area contributed by atoms with Gasteiger partial charge >= 0.3 is 0 Å². The molecule has 0 aromatic heterocycles. The fourth-order valence-corrected chi connectivity index (χ4v) is 2.68. The average Bonchev–Trinajstić information content (AvgIpc) is 2.09. The monoisotopic (exact) mass is 330 g/mol. The molecule has 1 unspecified atom stereocenters. The van der Waals surface area contributed by atoms with Crippen LogP contribution >= 0.6 is 34.2 Å². The molecule has 13 heavy (non-hydrogen) atoms. The van der Waals surface area contributed by atoms with Crippen molar-refractivity contribution in [1.82, 2.24) is 0 Å². The van der Waals surface area contributed by atoms with Crippen LogP contribution in [0.3, 0.4) is 0 Å². The van der Waals surface area contributed by atoms with E-state index < -0.39 is 11.1 Å². The number of alkyl halides is 1. The van der Waals surface area contributed by atoms with Crippen LogP contribution in [0.1, 0.15) is 11.1 Å². The van der Waals surface area contributed by atoms with Gasteiger partial charge in [-0.2, -0.15) is 0 Å². The quantitative estimate of drug-likeness (QED) is 0.514. The first-order valence-electron chi connectivity index (χ1n) is 3.52. The number of benzene rings is 1. The van der Waals surface area contributed by atoms with Crippen molar-refractivity contribution in [3.63, 3.8) is 0 Å². The first-order valence-corrected chi connectivity index (χ1v) is 6.53. The van der Waals surface area contributed by atoms with Gasteiger partial charge in [0.05, 0.1) is 9.92 Å². The van der Waals surface area contributed by atoms with Gasteiger partial charge in [0.2, 0.25) is 0 Å². The summed E-state index contributed by atoms with van der Waals surface area (Å²) in [6.07, 6.45) is 0. The molecule has 0 radical (unpaired) electrons. The fraction of sp³-hybridized carbons (Fsp3) is 0.250. The largest absolute Gasteiger partial charge is 0.302 e. The van der Waals surface area contributed by atoms with Crippen LogP contribution < -0.4 is 0 Å². The topological polar surface area (TPSA) is 37.3 Å². The molecule has 5 heteroatoms. The number of hydrogen-bond donors (Lipinski definition) is 1. The summed E-state index contributed by atoms with van der Waals surface area (Å²) in [4.78, 5) is 0.285. The van der Waals surface area contributed by atoms with Gasteiger partial charge < -0.3 is 4.55 Å². The summed E-state index contributed by atoms with van der Waals surface area (Å²) in [6.45, 7) is 1.85. The van der Waals surface area contributed by atoms with Crippen LogP contribution in [-0.2, 0) is 15.5 Å². The highest BCUT2D eigenvalue weighted by Crippen LogP contribution is 2.27. The smallest absolute Gasteiger partial charge is 0.188 e. The minimum atomic E-state index is -2.00. The van der Waals surface area contributed by atoms with Crippen LogP contribution in [0.15, 0.2) is 17.0 Å². The van der Waals surface area contributed by atoms with Gasteiger partial charge in [-0.1, -0.05) is 40.3 Å². The van der Waals surface area contributed by atoms with Gasteiger partial charge in [0, 0.05) is 4.43 Å². The Morgan fingerprint density at radius 3 is 2.69 bits per heavy atom. The number of halogens is 2. The normalized spacial score (nSPS) is 12.9. The second-order valence-electron chi connectivity index (χ2n) is 2.54. The molecule has 0 saturated heterocycles. The van der Waals surface area contributed by atoms with E-state index >= 15 is 0 Å². The molecule has 0 aliphatic rings. The maximum Gasteiger partial charge on any atom is 0.188 e. The molecule has 72 valence electrons. The Balaban J connectivity index is 3.31.